The first-order chi connectivity index (χ1) is 34.5. The molecule has 0 aliphatic heterocycles. The van der Waals surface area contributed by atoms with E-state index in [1.165, 1.54) is 77.0 Å². The van der Waals surface area contributed by atoms with Gasteiger partial charge in [-0.3, -0.25) is 32.2 Å². The van der Waals surface area contributed by atoms with Crippen LogP contribution >= 0.6 is 31.3 Å². The maximum Gasteiger partial charge on any atom is 0.472 e. The second-order valence-corrected chi connectivity index (χ2v) is 23.0. The number of carbonyl (C=O) groups excluding carboxylic acids is 2. The highest BCUT2D eigenvalue weighted by Crippen LogP contribution is 2.53. The van der Waals surface area contributed by atoms with E-state index in [2.05, 4.69) is 51.7 Å². The zero-order chi connectivity index (χ0) is 54.6. The van der Waals surface area contributed by atoms with Crippen molar-refractivity contribution in [3.05, 3.63) is 48.6 Å². The van der Waals surface area contributed by atoms with Crippen molar-refractivity contribution < 1.29 is 104 Å². The van der Waals surface area contributed by atoms with Crippen molar-refractivity contribution in [2.24, 2.45) is 0 Å². The average molecular weight is 1130 g/mol. The van der Waals surface area contributed by atoms with Crippen LogP contribution in [-0.4, -0.2) is 112 Å². The number of aliphatic hydroxyl groups excluding tert-OH is 2. The normalized spacial score (nSPS) is 21.4. The third-order valence-corrected chi connectivity index (χ3v) is 13.9. The van der Waals surface area contributed by atoms with Crippen molar-refractivity contribution in [2.75, 3.05) is 13.2 Å². The molecule has 26 heteroatoms. The second kappa shape index (κ2) is 39.6. The van der Waals surface area contributed by atoms with Gasteiger partial charge in [0, 0.05) is 12.8 Å². The minimum Gasteiger partial charge on any atom is -0.462 e. The van der Waals surface area contributed by atoms with Crippen LogP contribution < -0.4 is 0 Å². The molecule has 1 fully saturated rings. The number of rotatable bonds is 44. The number of allylic oxidation sites excluding steroid dienone is 8. The van der Waals surface area contributed by atoms with E-state index in [-0.39, 0.29) is 12.8 Å². The lowest BCUT2D eigenvalue weighted by Crippen LogP contribution is -2.65. The van der Waals surface area contributed by atoms with Crippen LogP contribution in [0.3, 0.4) is 0 Å². The van der Waals surface area contributed by atoms with Crippen LogP contribution in [-0.2, 0) is 59.9 Å². The lowest BCUT2D eigenvalue weighted by Gasteiger charge is -2.45. The number of esters is 2. The van der Waals surface area contributed by atoms with E-state index in [1.807, 2.05) is 24.3 Å². The Hall–Kier alpha value is -1.74. The van der Waals surface area contributed by atoms with E-state index in [1.54, 1.807) is 0 Å². The van der Waals surface area contributed by atoms with E-state index in [4.69, 9.17) is 18.5 Å². The van der Waals surface area contributed by atoms with Crippen LogP contribution in [0.1, 0.15) is 181 Å². The third-order valence-electron chi connectivity index (χ3n) is 11.4. The topological polar surface area (TPSA) is 349 Å². The van der Waals surface area contributed by atoms with Gasteiger partial charge in [0.25, 0.3) is 0 Å². The summed E-state index contributed by atoms with van der Waals surface area (Å²) in [5.41, 5.74) is 0. The summed E-state index contributed by atoms with van der Waals surface area (Å²) in [6.07, 6.45) is 23.2. The van der Waals surface area contributed by atoms with Crippen molar-refractivity contribution in [1.29, 1.82) is 0 Å². The fourth-order valence-electron chi connectivity index (χ4n) is 7.66. The molecule has 1 aliphatic carbocycles. The Kier molecular flexibility index (Phi) is 37.6. The van der Waals surface area contributed by atoms with E-state index in [0.717, 1.165) is 51.4 Å². The zero-order valence-electron chi connectivity index (χ0n) is 42.6. The van der Waals surface area contributed by atoms with Crippen molar-refractivity contribution in [1.82, 2.24) is 0 Å². The first kappa shape index (κ1) is 69.3. The number of ether oxygens (including phenoxy) is 2. The van der Waals surface area contributed by atoms with E-state index >= 15 is 0 Å². The van der Waals surface area contributed by atoms with Gasteiger partial charge in [0.2, 0.25) is 0 Å². The maximum absolute atomic E-state index is 13.3. The molecular weight excluding hydrogens is 1040 g/mol. The summed E-state index contributed by atoms with van der Waals surface area (Å²) in [7, 11) is -23.0. The Bertz CT molecular complexity index is 1770. The molecule has 0 radical (unpaired) electrons. The van der Waals surface area contributed by atoms with Crippen LogP contribution in [0.2, 0.25) is 0 Å². The number of hydrogen-bond acceptors (Lipinski definition) is 15. The lowest BCUT2D eigenvalue weighted by atomic mass is 9.85. The third kappa shape index (κ3) is 37.6. The molecule has 0 amide bonds. The number of hydrogen-bond donors (Lipinski definition) is 9. The monoisotopic (exact) mass is 1130 g/mol. The van der Waals surface area contributed by atoms with E-state index < -0.39 is 99.2 Å². The number of phosphoric acid groups is 4. The predicted octanol–water partition coefficient (Wildman–Crippen LogP) is 9.52. The van der Waals surface area contributed by atoms with Gasteiger partial charge in [-0.1, -0.05) is 165 Å². The van der Waals surface area contributed by atoms with Crippen LogP contribution in [0.4, 0.5) is 0 Å². The molecule has 0 heterocycles. The van der Waals surface area contributed by atoms with Gasteiger partial charge in [-0.05, 0) is 51.4 Å². The highest BCUT2D eigenvalue weighted by atomic mass is 31.2. The second-order valence-electron chi connectivity index (χ2n) is 18.0. The number of phosphoric ester groups is 4. The average Bonchev–Trinajstić information content (AvgIpc) is 3.30. The summed E-state index contributed by atoms with van der Waals surface area (Å²) in [5.74, 6) is -1.46. The summed E-state index contributed by atoms with van der Waals surface area (Å²) >= 11 is 0. The van der Waals surface area contributed by atoms with Crippen LogP contribution in [0.25, 0.3) is 0 Å². The van der Waals surface area contributed by atoms with Gasteiger partial charge in [-0.15, -0.1) is 0 Å². The van der Waals surface area contributed by atoms with Crippen molar-refractivity contribution >= 4 is 43.2 Å². The Balaban J connectivity index is 2.90. The summed E-state index contributed by atoms with van der Waals surface area (Å²) in [6.45, 7) is 2.70. The summed E-state index contributed by atoms with van der Waals surface area (Å²) in [6, 6.07) is 0. The molecule has 22 nitrogen and oxygen atoms in total. The Labute approximate surface area is 431 Å². The van der Waals surface area contributed by atoms with Gasteiger partial charge in [-0.2, -0.15) is 0 Å². The van der Waals surface area contributed by atoms with Gasteiger partial charge in [-0.25, -0.2) is 18.3 Å². The molecule has 426 valence electrons. The minimum atomic E-state index is -5.80. The SMILES string of the molecule is CCCCC/C=C\C/C=C\C/C=C\C/C=C\CCCC(=O)O[C@H](COC(=O)CCCCCCCCCCCCCCCCC)COP(=O)(O)OC1[C@@H](O)[C@H](OP(=O)(O)O)C(OP(=O)(O)O)[C@H](OP(=O)(O)O)[C@@H]1O. The lowest BCUT2D eigenvalue weighted by molar-refractivity contribution is -0.209. The fourth-order valence-corrected chi connectivity index (χ4v) is 10.3. The summed E-state index contributed by atoms with van der Waals surface area (Å²) in [4.78, 5) is 93.0. The number of carbonyl (C=O) groups is 2. The Morgan fingerprint density at radius 1 is 0.438 bits per heavy atom. The molecule has 0 aromatic carbocycles. The fraction of sp³-hybridized carbons (Fsp3) is 0.787. The molecule has 0 aromatic heterocycles. The predicted molar refractivity (Wildman–Crippen MR) is 272 cm³/mol. The summed E-state index contributed by atoms with van der Waals surface area (Å²) in [5, 5.41) is 21.9. The van der Waals surface area contributed by atoms with Crippen LogP contribution in [0.5, 0.6) is 0 Å². The largest absolute Gasteiger partial charge is 0.472 e. The Morgan fingerprint density at radius 3 is 1.25 bits per heavy atom. The van der Waals surface area contributed by atoms with Crippen LogP contribution in [0.15, 0.2) is 48.6 Å². The molecule has 0 saturated heterocycles. The summed E-state index contributed by atoms with van der Waals surface area (Å²) < 4.78 is 82.2. The highest BCUT2D eigenvalue weighted by molar-refractivity contribution is 7.47. The molecule has 1 aliphatic rings. The first-order valence-electron chi connectivity index (χ1n) is 25.7. The molecule has 0 aromatic rings. The molecule has 9 N–H and O–H groups in total. The Morgan fingerprint density at radius 2 is 0.808 bits per heavy atom. The minimum absolute atomic E-state index is 0.0241. The molecule has 8 atom stereocenters. The molecule has 3 unspecified atom stereocenters. The zero-order valence-corrected chi connectivity index (χ0v) is 46.2. The number of aliphatic hydroxyl groups is 2. The molecular formula is C47H86O22P4. The van der Waals surface area contributed by atoms with Crippen molar-refractivity contribution in [3.8, 4) is 0 Å². The highest BCUT2D eigenvalue weighted by Gasteiger charge is 2.59. The van der Waals surface area contributed by atoms with E-state index in [0.29, 0.717) is 25.7 Å². The molecule has 0 spiro atoms. The van der Waals surface area contributed by atoms with Gasteiger partial charge < -0.3 is 53.9 Å². The van der Waals surface area contributed by atoms with E-state index in [9.17, 15) is 72.3 Å². The molecule has 0 bridgehead atoms. The van der Waals surface area contributed by atoms with Gasteiger partial charge in [0.05, 0.1) is 6.61 Å². The standard InChI is InChI=1S/C47H86O22P4/c1-3-5-7-9-11-13-15-17-19-20-22-24-26-28-30-32-34-36-41(49)65-39(37-63-40(48)35-33-31-29-27-25-23-21-18-16-14-12-10-8-6-4-2)38-64-73(61,62)69-44-42(50)45(66-70(52,53)54)47(68-72(58,59)60)46(43(44)51)67-71(55,56)57/h11,13,17,19,22,24,28,30,39,42-47,50-51H,3-10,12,14-16,18,20-21,23,25-27,29,31-38H2,1-2H3,(H,61,62)(H2,52,53,54)(H2,55,56,57)(H2,58,59,60)/b13-11-,19-17-,24-22-,30-28-/t39-,42-,43-,44?,45-,46+,47?/m1/s1. The maximum atomic E-state index is 13.3. The van der Waals surface area contributed by atoms with Gasteiger partial charge in [0.15, 0.2) is 6.10 Å². The smallest absolute Gasteiger partial charge is 0.462 e. The molecule has 1 saturated carbocycles. The first-order valence-corrected chi connectivity index (χ1v) is 31.8. The van der Waals surface area contributed by atoms with Gasteiger partial charge in [0.1, 0.15) is 43.2 Å². The van der Waals surface area contributed by atoms with Gasteiger partial charge >= 0.3 is 43.2 Å². The molecule has 1 rings (SSSR count). The molecule has 73 heavy (non-hydrogen) atoms. The van der Waals surface area contributed by atoms with Crippen LogP contribution in [0, 0.1) is 0 Å². The van der Waals surface area contributed by atoms with Crippen molar-refractivity contribution in [2.45, 2.75) is 224 Å². The number of unbranched alkanes of at least 4 members (excludes halogenated alkanes) is 18. The van der Waals surface area contributed by atoms with Crippen molar-refractivity contribution in [3.63, 3.8) is 0 Å². The quantitative estimate of drug-likeness (QED) is 0.0119.